The number of esters is 1. The van der Waals surface area contributed by atoms with Crippen LogP contribution in [0.15, 0.2) is 43.0 Å². The predicted molar refractivity (Wildman–Crippen MR) is 69.8 cm³/mol. The van der Waals surface area contributed by atoms with Crippen molar-refractivity contribution in [3.8, 4) is 0 Å². The van der Waals surface area contributed by atoms with Crippen LogP contribution in [0.2, 0.25) is 0 Å². The van der Waals surface area contributed by atoms with Gasteiger partial charge < -0.3 is 9.64 Å². The van der Waals surface area contributed by atoms with Crippen LogP contribution in [0.25, 0.3) is 0 Å². The van der Waals surface area contributed by atoms with Gasteiger partial charge in [0, 0.05) is 11.6 Å². The van der Waals surface area contributed by atoms with E-state index >= 15 is 0 Å². The van der Waals surface area contributed by atoms with Gasteiger partial charge in [0.25, 0.3) is 0 Å². The third-order valence-electron chi connectivity index (χ3n) is 1.85. The van der Waals surface area contributed by atoms with Gasteiger partial charge in [-0.25, -0.2) is 4.79 Å². The molecule has 0 radical (unpaired) electrons. The van der Waals surface area contributed by atoms with E-state index in [2.05, 4.69) is 55.7 Å². The van der Waals surface area contributed by atoms with E-state index in [0.29, 0.717) is 6.61 Å². The van der Waals surface area contributed by atoms with Crippen LogP contribution >= 0.6 is 0 Å². The summed E-state index contributed by atoms with van der Waals surface area (Å²) < 4.78 is 4.43. The average Bonchev–Trinajstić information content (AvgIpc) is 2.30. The lowest BCUT2D eigenvalue weighted by Gasteiger charge is -2.05. The topological polar surface area (TPSA) is 30.7 Å². The Labute approximate surface area is 104 Å². The van der Waals surface area contributed by atoms with Crippen LogP contribution in [0, 0.1) is 0 Å². The summed E-state index contributed by atoms with van der Waals surface area (Å²) in [6.45, 7) is 6.49. The van der Waals surface area contributed by atoms with Crippen LogP contribution in [0.3, 0.4) is 0 Å². The van der Waals surface area contributed by atoms with Crippen LogP contribution < -0.4 is 4.90 Å². The molecule has 0 unspecified atom stereocenters. The highest BCUT2D eigenvalue weighted by molar-refractivity contribution is 5.81. The number of ether oxygens (including phenoxy) is 1. The second kappa shape index (κ2) is 9.60. The third kappa shape index (κ3) is 9.33. The van der Waals surface area contributed by atoms with Crippen molar-refractivity contribution in [2.24, 2.45) is 0 Å². The first kappa shape index (κ1) is 15.4. The zero-order valence-corrected chi connectivity index (χ0v) is 10.9. The first-order valence-corrected chi connectivity index (χ1v) is 5.72. The monoisotopic (exact) mass is 236 g/mol. The number of benzene rings is 1. The van der Waals surface area contributed by atoms with Gasteiger partial charge in [0.05, 0.1) is 20.7 Å². The Hall–Kier alpha value is -1.61. The lowest BCUT2D eigenvalue weighted by Crippen LogP contribution is -3.04. The van der Waals surface area contributed by atoms with Crippen LogP contribution in [0.5, 0.6) is 0 Å². The van der Waals surface area contributed by atoms with Crippen molar-refractivity contribution >= 4 is 5.97 Å². The Morgan fingerprint density at radius 1 is 1.35 bits per heavy atom. The van der Waals surface area contributed by atoms with Gasteiger partial charge in [-0.1, -0.05) is 36.9 Å². The molecule has 0 amide bonds. The number of rotatable bonds is 4. The maximum atomic E-state index is 10.1. The number of carbonyl (C=O) groups is 1. The van der Waals surface area contributed by atoms with Gasteiger partial charge in [0.15, 0.2) is 0 Å². The van der Waals surface area contributed by atoms with E-state index in [1.165, 1.54) is 10.5 Å². The highest BCUT2D eigenvalue weighted by Crippen LogP contribution is 1.94. The normalized spacial score (nSPS) is 9.18. The summed E-state index contributed by atoms with van der Waals surface area (Å²) in [5.41, 5.74) is 1.41. The Morgan fingerprint density at radius 3 is 2.29 bits per heavy atom. The fraction of sp³-hybridized carbons (Fsp3) is 0.357. The first-order valence-electron chi connectivity index (χ1n) is 5.72. The number of hydrogen-bond acceptors (Lipinski definition) is 2. The fourth-order valence-corrected chi connectivity index (χ4v) is 1.21. The summed E-state index contributed by atoms with van der Waals surface area (Å²) >= 11 is 0. The van der Waals surface area contributed by atoms with Crippen molar-refractivity contribution in [3.63, 3.8) is 0 Å². The quantitative estimate of drug-likeness (QED) is 0.626. The lowest BCUT2D eigenvalue weighted by molar-refractivity contribution is -0.872. The minimum atomic E-state index is -0.359. The fourth-order valence-electron chi connectivity index (χ4n) is 1.21. The Kier molecular flexibility index (Phi) is 8.69. The molecule has 3 heteroatoms. The number of nitrogens with one attached hydrogen (secondary N) is 1. The molecule has 0 fully saturated rings. The zero-order chi connectivity index (χ0) is 13.1. The second-order valence-corrected chi connectivity index (χ2v) is 3.83. The molecular weight excluding hydrogens is 214 g/mol. The zero-order valence-electron chi connectivity index (χ0n) is 10.9. The summed E-state index contributed by atoms with van der Waals surface area (Å²) in [6, 6.07) is 10.5. The molecule has 0 atom stereocenters. The molecule has 1 aromatic rings. The largest absolute Gasteiger partial charge is 0.463 e. The number of quaternary nitrogens is 1. The summed E-state index contributed by atoms with van der Waals surface area (Å²) in [5, 5.41) is 0. The molecule has 0 aliphatic rings. The molecular formula is C14H22NO2+. The van der Waals surface area contributed by atoms with Crippen molar-refractivity contribution in [2.75, 3.05) is 20.7 Å². The molecule has 1 rings (SSSR count). The van der Waals surface area contributed by atoms with E-state index in [4.69, 9.17) is 0 Å². The second-order valence-electron chi connectivity index (χ2n) is 3.83. The van der Waals surface area contributed by atoms with Gasteiger partial charge >= 0.3 is 5.97 Å². The van der Waals surface area contributed by atoms with E-state index in [-0.39, 0.29) is 5.97 Å². The minimum Gasteiger partial charge on any atom is -0.463 e. The van der Waals surface area contributed by atoms with Gasteiger partial charge in [-0.15, -0.1) is 0 Å². The summed E-state index contributed by atoms with van der Waals surface area (Å²) in [5.74, 6) is -0.359. The molecule has 0 aliphatic heterocycles. The van der Waals surface area contributed by atoms with Crippen molar-refractivity contribution in [1.29, 1.82) is 0 Å². The minimum absolute atomic E-state index is 0.359. The van der Waals surface area contributed by atoms with Crippen molar-refractivity contribution in [1.82, 2.24) is 0 Å². The Balaban J connectivity index is 0.000000325. The first-order chi connectivity index (χ1) is 8.10. The van der Waals surface area contributed by atoms with Gasteiger partial charge in [-0.3, -0.25) is 0 Å². The molecule has 0 spiro atoms. The van der Waals surface area contributed by atoms with E-state index in [9.17, 15) is 4.79 Å². The highest BCUT2D eigenvalue weighted by Gasteiger charge is 1.93. The van der Waals surface area contributed by atoms with Crippen molar-refractivity contribution < 1.29 is 14.4 Å². The molecule has 3 nitrogen and oxygen atoms in total. The molecule has 0 bridgehead atoms. The standard InChI is InChI=1S/C9H13N.C5H8O2/c1-10(2)8-9-6-4-3-5-7-9;1-3-5(6)7-4-2/h3-7H,8H2,1-2H3;3H,1,4H2,2H3/p+1. The highest BCUT2D eigenvalue weighted by atomic mass is 16.5. The van der Waals surface area contributed by atoms with E-state index in [1.807, 2.05) is 0 Å². The van der Waals surface area contributed by atoms with Gasteiger partial charge in [-0.2, -0.15) is 0 Å². The summed E-state index contributed by atoms with van der Waals surface area (Å²) in [4.78, 5) is 11.5. The molecule has 0 heterocycles. The molecule has 0 saturated heterocycles. The smallest absolute Gasteiger partial charge is 0.330 e. The summed E-state index contributed by atoms with van der Waals surface area (Å²) in [6.07, 6.45) is 1.14. The van der Waals surface area contributed by atoms with E-state index in [0.717, 1.165) is 12.6 Å². The number of carbonyl (C=O) groups excluding carboxylic acids is 1. The van der Waals surface area contributed by atoms with E-state index in [1.54, 1.807) is 6.92 Å². The Morgan fingerprint density at radius 2 is 1.94 bits per heavy atom. The SMILES string of the molecule is C=CC(=O)OCC.C[NH+](C)Cc1ccccc1. The van der Waals surface area contributed by atoms with Gasteiger partial charge in [-0.05, 0) is 6.92 Å². The molecule has 94 valence electrons. The van der Waals surface area contributed by atoms with Crippen molar-refractivity contribution in [3.05, 3.63) is 48.6 Å². The maximum Gasteiger partial charge on any atom is 0.330 e. The molecule has 1 N–H and O–H groups in total. The molecule has 0 saturated carbocycles. The average molecular weight is 236 g/mol. The molecule has 17 heavy (non-hydrogen) atoms. The van der Waals surface area contributed by atoms with Gasteiger partial charge in [0.2, 0.25) is 0 Å². The Bertz CT molecular complexity index is 320. The predicted octanol–water partition coefficient (Wildman–Crippen LogP) is 1.07. The lowest BCUT2D eigenvalue weighted by atomic mass is 10.2. The van der Waals surface area contributed by atoms with Gasteiger partial charge in [0.1, 0.15) is 6.54 Å². The van der Waals surface area contributed by atoms with Crippen LogP contribution in [-0.4, -0.2) is 26.7 Å². The molecule has 1 aromatic carbocycles. The maximum absolute atomic E-state index is 10.1. The van der Waals surface area contributed by atoms with Crippen molar-refractivity contribution in [2.45, 2.75) is 13.5 Å². The summed E-state index contributed by atoms with van der Waals surface area (Å²) in [7, 11) is 4.32. The van der Waals surface area contributed by atoms with Crippen LogP contribution in [0.1, 0.15) is 12.5 Å². The van der Waals surface area contributed by atoms with Crippen LogP contribution in [0.4, 0.5) is 0 Å². The van der Waals surface area contributed by atoms with Crippen LogP contribution in [-0.2, 0) is 16.1 Å². The molecule has 0 aromatic heterocycles. The third-order valence-corrected chi connectivity index (χ3v) is 1.85. The number of hydrogen-bond donors (Lipinski definition) is 1. The molecule has 0 aliphatic carbocycles. The van der Waals surface area contributed by atoms with E-state index < -0.39 is 0 Å².